The van der Waals surface area contributed by atoms with Gasteiger partial charge in [0.05, 0.1) is 30.7 Å². The van der Waals surface area contributed by atoms with E-state index in [0.29, 0.717) is 18.7 Å². The molecule has 0 bridgehead atoms. The molecule has 0 radical (unpaired) electrons. The lowest BCUT2D eigenvalue weighted by atomic mass is 9.61. The van der Waals surface area contributed by atoms with E-state index in [1.54, 1.807) is 13.3 Å². The highest BCUT2D eigenvalue weighted by Gasteiger charge is 2.48. The molecule has 1 amide bonds. The fourth-order valence-corrected chi connectivity index (χ4v) is 4.02. The van der Waals surface area contributed by atoms with Crippen LogP contribution in [0.3, 0.4) is 0 Å². The fraction of sp³-hybridized carbons (Fsp3) is 0.474. The van der Waals surface area contributed by atoms with Crippen LogP contribution in [-0.4, -0.2) is 52.4 Å². The third-order valence-electron chi connectivity index (χ3n) is 5.92. The number of aliphatic hydroxyl groups excluding tert-OH is 1. The molecule has 6 heteroatoms. The van der Waals surface area contributed by atoms with E-state index >= 15 is 0 Å². The number of benzene rings is 1. The number of H-pyrrole nitrogens is 1. The number of carbonyl (C=O) groups excluding carboxylic acids is 1. The Morgan fingerprint density at radius 3 is 2.56 bits per heavy atom. The van der Waals surface area contributed by atoms with Gasteiger partial charge in [-0.2, -0.15) is 5.10 Å². The van der Waals surface area contributed by atoms with Gasteiger partial charge >= 0.3 is 0 Å². The molecule has 1 saturated carbocycles. The molecule has 1 aromatic carbocycles. The number of nitrogens with zero attached hydrogens (tertiary/aromatic N) is 2. The molecule has 6 nitrogen and oxygen atoms in total. The second-order valence-electron chi connectivity index (χ2n) is 7.10. The fourth-order valence-electron chi connectivity index (χ4n) is 4.02. The van der Waals surface area contributed by atoms with E-state index in [4.69, 9.17) is 4.74 Å². The molecule has 1 aliphatic heterocycles. The van der Waals surface area contributed by atoms with Crippen LogP contribution in [0, 0.1) is 5.41 Å². The van der Waals surface area contributed by atoms with Crippen LogP contribution in [0.2, 0.25) is 0 Å². The van der Waals surface area contributed by atoms with Gasteiger partial charge in [-0.25, -0.2) is 0 Å². The number of rotatable bonds is 3. The molecular formula is C19H23N3O3. The van der Waals surface area contributed by atoms with Crippen molar-refractivity contribution in [2.75, 3.05) is 20.2 Å². The molecule has 1 aliphatic carbocycles. The van der Waals surface area contributed by atoms with Gasteiger partial charge in [0.1, 0.15) is 5.75 Å². The first kappa shape index (κ1) is 16.1. The number of piperidine rings is 1. The Hall–Kier alpha value is -2.34. The summed E-state index contributed by atoms with van der Waals surface area (Å²) in [5.74, 6) is 0.778. The predicted molar refractivity (Wildman–Crippen MR) is 93.4 cm³/mol. The summed E-state index contributed by atoms with van der Waals surface area (Å²) < 4.78 is 5.18. The number of carbonyl (C=O) groups is 1. The van der Waals surface area contributed by atoms with Crippen LogP contribution in [0.5, 0.6) is 5.75 Å². The van der Waals surface area contributed by atoms with E-state index in [-0.39, 0.29) is 17.4 Å². The summed E-state index contributed by atoms with van der Waals surface area (Å²) in [5.41, 5.74) is 2.29. The van der Waals surface area contributed by atoms with Gasteiger partial charge in [0, 0.05) is 18.7 Å². The first-order valence-electron chi connectivity index (χ1n) is 8.78. The van der Waals surface area contributed by atoms with E-state index in [0.717, 1.165) is 42.7 Å². The van der Waals surface area contributed by atoms with Crippen molar-refractivity contribution in [3.63, 3.8) is 0 Å². The Morgan fingerprint density at radius 2 is 2.00 bits per heavy atom. The molecule has 1 atom stereocenters. The van der Waals surface area contributed by atoms with Gasteiger partial charge < -0.3 is 14.7 Å². The zero-order valence-electron chi connectivity index (χ0n) is 14.4. The van der Waals surface area contributed by atoms with E-state index in [2.05, 4.69) is 10.2 Å². The predicted octanol–water partition coefficient (Wildman–Crippen LogP) is 2.46. The number of hydrogen-bond donors (Lipinski definition) is 2. The zero-order valence-corrected chi connectivity index (χ0v) is 14.4. The lowest BCUT2D eigenvalue weighted by Crippen LogP contribution is -2.53. The van der Waals surface area contributed by atoms with Crippen molar-refractivity contribution in [2.24, 2.45) is 5.41 Å². The molecule has 1 spiro atoms. The Balaban J connectivity index is 1.51. The van der Waals surface area contributed by atoms with Gasteiger partial charge in [-0.1, -0.05) is 0 Å². The van der Waals surface area contributed by atoms with Gasteiger partial charge in [-0.15, -0.1) is 0 Å². The summed E-state index contributed by atoms with van der Waals surface area (Å²) in [5, 5.41) is 17.1. The number of ether oxygens (including phenoxy) is 1. The molecule has 132 valence electrons. The van der Waals surface area contributed by atoms with Gasteiger partial charge in [-0.05, 0) is 55.4 Å². The molecule has 2 N–H and O–H groups in total. The Kier molecular flexibility index (Phi) is 4.00. The number of aromatic nitrogens is 2. The molecule has 2 fully saturated rings. The minimum absolute atomic E-state index is 0.00299. The molecule has 1 unspecified atom stereocenters. The highest BCUT2D eigenvalue weighted by molar-refractivity contribution is 5.99. The summed E-state index contributed by atoms with van der Waals surface area (Å²) in [4.78, 5) is 14.8. The second-order valence-corrected chi connectivity index (χ2v) is 7.10. The van der Waals surface area contributed by atoms with Crippen LogP contribution in [-0.2, 0) is 0 Å². The first-order valence-corrected chi connectivity index (χ1v) is 8.78. The maximum Gasteiger partial charge on any atom is 0.257 e. The molecule has 1 saturated heterocycles. The lowest BCUT2D eigenvalue weighted by Gasteiger charge is -2.51. The Bertz CT molecular complexity index is 760. The topological polar surface area (TPSA) is 78.5 Å². The van der Waals surface area contributed by atoms with Crippen molar-refractivity contribution in [3.8, 4) is 17.0 Å². The molecule has 4 rings (SSSR count). The number of methoxy groups -OCH3 is 1. The summed E-state index contributed by atoms with van der Waals surface area (Å²) in [7, 11) is 1.63. The van der Waals surface area contributed by atoms with Crippen LogP contribution in [0.4, 0.5) is 0 Å². The van der Waals surface area contributed by atoms with Crippen LogP contribution < -0.4 is 4.74 Å². The number of aliphatic hydroxyl groups is 1. The molecule has 2 aliphatic rings. The molecule has 2 heterocycles. The van der Waals surface area contributed by atoms with Crippen molar-refractivity contribution in [2.45, 2.75) is 31.8 Å². The smallest absolute Gasteiger partial charge is 0.257 e. The van der Waals surface area contributed by atoms with E-state index < -0.39 is 0 Å². The summed E-state index contributed by atoms with van der Waals surface area (Å²) in [6, 6.07) is 7.57. The molecular weight excluding hydrogens is 318 g/mol. The first-order chi connectivity index (χ1) is 12.1. The van der Waals surface area contributed by atoms with Crippen molar-refractivity contribution in [1.82, 2.24) is 15.1 Å². The maximum atomic E-state index is 13.0. The Labute approximate surface area is 146 Å². The quantitative estimate of drug-likeness (QED) is 0.899. The van der Waals surface area contributed by atoms with Crippen LogP contribution in [0.1, 0.15) is 36.0 Å². The average Bonchev–Trinajstić information content (AvgIpc) is 3.16. The minimum Gasteiger partial charge on any atom is -0.497 e. The van der Waals surface area contributed by atoms with E-state index in [1.165, 1.54) is 0 Å². The van der Waals surface area contributed by atoms with Crippen molar-refractivity contribution < 1.29 is 14.6 Å². The minimum atomic E-state index is -0.187. The highest BCUT2D eigenvalue weighted by atomic mass is 16.5. The normalized spacial score (nSPS) is 21.8. The van der Waals surface area contributed by atoms with Crippen LogP contribution in [0.15, 0.2) is 30.5 Å². The van der Waals surface area contributed by atoms with Crippen molar-refractivity contribution in [1.29, 1.82) is 0 Å². The average molecular weight is 341 g/mol. The van der Waals surface area contributed by atoms with Gasteiger partial charge in [0.15, 0.2) is 0 Å². The van der Waals surface area contributed by atoms with Crippen molar-refractivity contribution in [3.05, 3.63) is 36.0 Å². The largest absolute Gasteiger partial charge is 0.497 e. The number of aromatic amines is 1. The SMILES string of the molecule is COc1ccc(-c2[nH]ncc2C(=O)N2CCC3(CCC3O)CC2)cc1. The number of nitrogens with one attached hydrogen (secondary N) is 1. The van der Waals surface area contributed by atoms with Gasteiger partial charge in [0.25, 0.3) is 5.91 Å². The van der Waals surface area contributed by atoms with E-state index in [9.17, 15) is 9.90 Å². The Morgan fingerprint density at radius 1 is 1.28 bits per heavy atom. The van der Waals surface area contributed by atoms with Crippen LogP contribution >= 0.6 is 0 Å². The van der Waals surface area contributed by atoms with Crippen LogP contribution in [0.25, 0.3) is 11.3 Å². The third kappa shape index (κ3) is 2.70. The summed E-state index contributed by atoms with van der Waals surface area (Å²) in [6.07, 6.45) is 5.17. The number of hydrogen-bond acceptors (Lipinski definition) is 4. The lowest BCUT2D eigenvalue weighted by molar-refractivity contribution is -0.0952. The molecule has 25 heavy (non-hydrogen) atoms. The third-order valence-corrected chi connectivity index (χ3v) is 5.92. The summed E-state index contributed by atoms with van der Waals surface area (Å²) in [6.45, 7) is 1.40. The van der Waals surface area contributed by atoms with Gasteiger partial charge in [-0.3, -0.25) is 9.89 Å². The zero-order chi connectivity index (χ0) is 17.4. The second kappa shape index (κ2) is 6.19. The molecule has 2 aromatic rings. The number of amides is 1. The molecule has 1 aromatic heterocycles. The van der Waals surface area contributed by atoms with Gasteiger partial charge in [0.2, 0.25) is 0 Å². The maximum absolute atomic E-state index is 13.0. The summed E-state index contributed by atoms with van der Waals surface area (Å²) >= 11 is 0. The highest BCUT2D eigenvalue weighted by Crippen LogP contribution is 2.49. The van der Waals surface area contributed by atoms with Crippen molar-refractivity contribution >= 4 is 5.91 Å². The number of likely N-dealkylation sites (tertiary alicyclic amines) is 1. The monoisotopic (exact) mass is 341 g/mol. The van der Waals surface area contributed by atoms with E-state index in [1.807, 2.05) is 29.2 Å². The standard InChI is InChI=1S/C19H23N3O3/c1-25-14-4-2-13(3-5-14)17-15(12-20-21-17)18(24)22-10-8-19(9-11-22)7-6-16(19)23/h2-5,12,16,23H,6-11H2,1H3,(H,20,21).